The van der Waals surface area contributed by atoms with Crippen LogP contribution in [-0.2, 0) is 0 Å². The molecule has 0 aliphatic rings. The minimum absolute atomic E-state index is 0.347. The van der Waals surface area contributed by atoms with Gasteiger partial charge in [-0.2, -0.15) is 0 Å². The number of benzene rings is 2. The van der Waals surface area contributed by atoms with E-state index in [9.17, 15) is 15.0 Å². The molecule has 2 atom stereocenters. The van der Waals surface area contributed by atoms with Crippen molar-refractivity contribution in [1.29, 1.82) is 0 Å². The Hall–Kier alpha value is -3.02. The fraction of sp³-hybridized carbons (Fsp3) is 0.143. The van der Waals surface area contributed by atoms with Crippen LogP contribution >= 0.6 is 0 Å². The van der Waals surface area contributed by atoms with Gasteiger partial charge in [-0.3, -0.25) is 9.78 Å². The van der Waals surface area contributed by atoms with Crippen LogP contribution in [0.3, 0.4) is 0 Å². The molecule has 3 aromatic rings. The summed E-state index contributed by atoms with van der Waals surface area (Å²) in [7, 11) is 0. The second-order valence-electron chi connectivity index (χ2n) is 5.93. The zero-order chi connectivity index (χ0) is 18.4. The lowest BCUT2D eigenvalue weighted by atomic mass is 10.0. The van der Waals surface area contributed by atoms with Crippen LogP contribution in [0.25, 0.3) is 11.1 Å². The minimum Gasteiger partial charge on any atom is -0.394 e. The van der Waals surface area contributed by atoms with Crippen molar-refractivity contribution in [1.82, 2.24) is 10.3 Å². The Kier molecular flexibility index (Phi) is 5.73. The highest BCUT2D eigenvalue weighted by Gasteiger charge is 2.22. The van der Waals surface area contributed by atoms with Gasteiger partial charge in [0.2, 0.25) is 0 Å². The van der Waals surface area contributed by atoms with E-state index in [1.165, 1.54) is 0 Å². The van der Waals surface area contributed by atoms with Crippen LogP contribution < -0.4 is 5.32 Å². The predicted octanol–water partition coefficient (Wildman–Crippen LogP) is 2.57. The topological polar surface area (TPSA) is 82.5 Å². The SMILES string of the molecule is O=C(N[C@@H](CO)[C@H](O)c1ccccc1)c1ccc(-c2ccncc2)cc1. The zero-order valence-corrected chi connectivity index (χ0v) is 14.1. The number of aromatic nitrogens is 1. The molecule has 5 heteroatoms. The van der Waals surface area contributed by atoms with Gasteiger partial charge in [-0.05, 0) is 41.0 Å². The normalized spacial score (nSPS) is 13.0. The van der Waals surface area contributed by atoms with Crippen LogP contribution in [0.15, 0.2) is 79.1 Å². The maximum atomic E-state index is 12.5. The molecular weight excluding hydrogens is 328 g/mol. The lowest BCUT2D eigenvalue weighted by Crippen LogP contribution is -2.41. The van der Waals surface area contributed by atoms with E-state index in [1.54, 1.807) is 48.8 Å². The van der Waals surface area contributed by atoms with Crippen LogP contribution in [0.5, 0.6) is 0 Å². The van der Waals surface area contributed by atoms with Gasteiger partial charge in [-0.1, -0.05) is 42.5 Å². The molecule has 26 heavy (non-hydrogen) atoms. The number of carbonyl (C=O) groups excluding carboxylic acids is 1. The van der Waals surface area contributed by atoms with Crippen molar-refractivity contribution in [2.45, 2.75) is 12.1 Å². The maximum absolute atomic E-state index is 12.5. The van der Waals surface area contributed by atoms with Gasteiger partial charge in [0, 0.05) is 18.0 Å². The molecule has 5 nitrogen and oxygen atoms in total. The molecule has 0 aliphatic heterocycles. The number of hydrogen-bond acceptors (Lipinski definition) is 4. The number of aliphatic hydroxyl groups is 2. The summed E-state index contributed by atoms with van der Waals surface area (Å²) in [5.74, 6) is -0.347. The molecule has 0 aliphatic carbocycles. The van der Waals surface area contributed by atoms with Crippen LogP contribution in [0.2, 0.25) is 0 Å². The van der Waals surface area contributed by atoms with Gasteiger partial charge in [0.1, 0.15) is 6.10 Å². The molecule has 2 aromatic carbocycles. The Balaban J connectivity index is 1.70. The third-order valence-electron chi connectivity index (χ3n) is 4.20. The second kappa shape index (κ2) is 8.38. The largest absolute Gasteiger partial charge is 0.394 e. The van der Waals surface area contributed by atoms with Crippen LogP contribution in [0.4, 0.5) is 0 Å². The Labute approximate surface area is 152 Å². The molecule has 0 unspecified atom stereocenters. The van der Waals surface area contributed by atoms with Crippen molar-refractivity contribution < 1.29 is 15.0 Å². The van der Waals surface area contributed by atoms with Gasteiger partial charge in [0.25, 0.3) is 5.91 Å². The zero-order valence-electron chi connectivity index (χ0n) is 14.1. The van der Waals surface area contributed by atoms with E-state index < -0.39 is 12.1 Å². The maximum Gasteiger partial charge on any atom is 0.251 e. The molecule has 3 N–H and O–H groups in total. The fourth-order valence-electron chi connectivity index (χ4n) is 2.72. The van der Waals surface area contributed by atoms with Gasteiger partial charge >= 0.3 is 0 Å². The standard InChI is InChI=1S/C21H20N2O3/c24-14-19(20(25)17-4-2-1-3-5-17)23-21(26)18-8-6-15(7-9-18)16-10-12-22-13-11-16/h1-13,19-20,24-25H,14H2,(H,23,26)/t19-,20+/m0/s1. The summed E-state index contributed by atoms with van der Waals surface area (Å²) in [5.41, 5.74) is 3.09. The average molecular weight is 348 g/mol. The minimum atomic E-state index is -0.985. The van der Waals surface area contributed by atoms with Gasteiger partial charge in [-0.15, -0.1) is 0 Å². The molecule has 0 bridgehead atoms. The first kappa shape index (κ1) is 17.8. The summed E-state index contributed by atoms with van der Waals surface area (Å²) in [6, 6.07) is 19.1. The van der Waals surface area contributed by atoms with E-state index in [0.717, 1.165) is 11.1 Å². The lowest BCUT2D eigenvalue weighted by Gasteiger charge is -2.22. The highest BCUT2D eigenvalue weighted by Crippen LogP contribution is 2.20. The van der Waals surface area contributed by atoms with Gasteiger partial charge in [-0.25, -0.2) is 0 Å². The summed E-state index contributed by atoms with van der Waals surface area (Å²) >= 11 is 0. The summed E-state index contributed by atoms with van der Waals surface area (Å²) in [4.78, 5) is 16.4. The van der Waals surface area contributed by atoms with Crippen molar-refractivity contribution in [3.05, 3.63) is 90.3 Å². The van der Waals surface area contributed by atoms with Crippen molar-refractivity contribution in [3.63, 3.8) is 0 Å². The second-order valence-corrected chi connectivity index (χ2v) is 5.93. The first-order valence-electron chi connectivity index (χ1n) is 8.34. The number of hydrogen-bond donors (Lipinski definition) is 3. The third-order valence-corrected chi connectivity index (χ3v) is 4.20. The van der Waals surface area contributed by atoms with Crippen molar-refractivity contribution in [2.24, 2.45) is 0 Å². The highest BCUT2D eigenvalue weighted by molar-refractivity contribution is 5.95. The van der Waals surface area contributed by atoms with E-state index in [0.29, 0.717) is 11.1 Å². The van der Waals surface area contributed by atoms with E-state index in [2.05, 4.69) is 10.3 Å². The Morgan fingerprint density at radius 3 is 2.15 bits per heavy atom. The Morgan fingerprint density at radius 2 is 1.54 bits per heavy atom. The van der Waals surface area contributed by atoms with E-state index >= 15 is 0 Å². The molecule has 1 heterocycles. The van der Waals surface area contributed by atoms with Gasteiger partial charge < -0.3 is 15.5 Å². The van der Waals surface area contributed by atoms with Crippen LogP contribution in [0, 0.1) is 0 Å². The number of nitrogens with one attached hydrogen (secondary N) is 1. The molecule has 0 fully saturated rings. The summed E-state index contributed by atoms with van der Waals surface area (Å²) in [5, 5.41) is 22.6. The summed E-state index contributed by atoms with van der Waals surface area (Å²) in [6.07, 6.45) is 2.45. The monoisotopic (exact) mass is 348 g/mol. The predicted molar refractivity (Wildman–Crippen MR) is 99.4 cm³/mol. The average Bonchev–Trinajstić information content (AvgIpc) is 2.72. The molecule has 0 saturated carbocycles. The Morgan fingerprint density at radius 1 is 0.923 bits per heavy atom. The van der Waals surface area contributed by atoms with Gasteiger partial charge in [0.05, 0.1) is 12.6 Å². The number of aliphatic hydroxyl groups excluding tert-OH is 2. The number of nitrogens with zero attached hydrogens (tertiary/aromatic N) is 1. The number of pyridine rings is 1. The highest BCUT2D eigenvalue weighted by atomic mass is 16.3. The van der Waals surface area contributed by atoms with E-state index in [-0.39, 0.29) is 12.5 Å². The molecule has 132 valence electrons. The first-order valence-corrected chi connectivity index (χ1v) is 8.34. The number of rotatable bonds is 6. The lowest BCUT2D eigenvalue weighted by molar-refractivity contribution is 0.0703. The Bertz CT molecular complexity index is 836. The summed E-state index contributed by atoms with van der Waals surface area (Å²) in [6.45, 7) is -0.364. The number of carbonyl (C=O) groups is 1. The smallest absolute Gasteiger partial charge is 0.251 e. The molecular formula is C21H20N2O3. The molecule has 1 amide bonds. The molecule has 0 spiro atoms. The van der Waals surface area contributed by atoms with Crippen LogP contribution in [0.1, 0.15) is 22.0 Å². The molecule has 0 saturated heterocycles. The van der Waals surface area contributed by atoms with E-state index in [4.69, 9.17) is 0 Å². The van der Waals surface area contributed by atoms with Crippen molar-refractivity contribution >= 4 is 5.91 Å². The third kappa shape index (κ3) is 4.14. The van der Waals surface area contributed by atoms with Gasteiger partial charge in [0.15, 0.2) is 0 Å². The molecule has 3 rings (SSSR count). The van der Waals surface area contributed by atoms with Crippen molar-refractivity contribution in [2.75, 3.05) is 6.61 Å². The summed E-state index contributed by atoms with van der Waals surface area (Å²) < 4.78 is 0. The molecule has 1 aromatic heterocycles. The quantitative estimate of drug-likeness (QED) is 0.639. The first-order chi connectivity index (χ1) is 12.7. The van der Waals surface area contributed by atoms with E-state index in [1.807, 2.05) is 30.3 Å². The van der Waals surface area contributed by atoms with Crippen LogP contribution in [-0.4, -0.2) is 33.8 Å². The molecule has 0 radical (unpaired) electrons. The van der Waals surface area contributed by atoms with Crippen molar-refractivity contribution in [3.8, 4) is 11.1 Å². The number of amides is 1. The fourth-order valence-corrected chi connectivity index (χ4v) is 2.72.